The van der Waals surface area contributed by atoms with Gasteiger partial charge in [0, 0.05) is 17.1 Å². The van der Waals surface area contributed by atoms with E-state index in [1.165, 1.54) is 11.8 Å². The van der Waals surface area contributed by atoms with E-state index >= 15 is 0 Å². The normalized spacial score (nSPS) is 11.6. The van der Waals surface area contributed by atoms with E-state index in [9.17, 15) is 4.79 Å². The highest BCUT2D eigenvalue weighted by Gasteiger charge is 2.27. The molecule has 0 spiro atoms. The molecule has 0 aliphatic carbocycles. The molecule has 124 valence electrons. The first-order chi connectivity index (χ1) is 11.9. The van der Waals surface area contributed by atoms with Gasteiger partial charge < -0.3 is 10.1 Å². The van der Waals surface area contributed by atoms with Crippen molar-refractivity contribution in [1.29, 1.82) is 0 Å². The van der Waals surface area contributed by atoms with Gasteiger partial charge >= 0.3 is 0 Å². The maximum atomic E-state index is 12.4. The Kier molecular flexibility index (Phi) is 5.60. The van der Waals surface area contributed by atoms with E-state index in [2.05, 4.69) is 28.1 Å². The molecule has 5 heteroatoms. The van der Waals surface area contributed by atoms with Crippen molar-refractivity contribution in [3.05, 3.63) is 36.0 Å². The molecule has 1 unspecified atom stereocenters. The Labute approximate surface area is 151 Å². The van der Waals surface area contributed by atoms with E-state index in [1.807, 2.05) is 6.07 Å². The van der Waals surface area contributed by atoms with Crippen molar-refractivity contribution in [3.8, 4) is 42.8 Å². The van der Waals surface area contributed by atoms with Gasteiger partial charge in [0.25, 0.3) is 5.91 Å². The van der Waals surface area contributed by atoms with Crippen molar-refractivity contribution >= 4 is 28.6 Å². The van der Waals surface area contributed by atoms with Gasteiger partial charge in [-0.15, -0.1) is 31.0 Å². The third-order valence-electron chi connectivity index (χ3n) is 3.44. The van der Waals surface area contributed by atoms with Gasteiger partial charge in [-0.1, -0.05) is 17.8 Å². The minimum absolute atomic E-state index is 0.401. The van der Waals surface area contributed by atoms with Crippen LogP contribution in [0.2, 0.25) is 0 Å². The molecule has 0 aliphatic heterocycles. The number of aromatic nitrogens is 1. The van der Waals surface area contributed by atoms with Crippen molar-refractivity contribution in [2.75, 3.05) is 6.26 Å². The van der Waals surface area contributed by atoms with E-state index in [1.54, 1.807) is 37.6 Å². The van der Waals surface area contributed by atoms with Crippen LogP contribution in [0.3, 0.4) is 0 Å². The summed E-state index contributed by atoms with van der Waals surface area (Å²) in [7, 11) is 0. The summed E-state index contributed by atoms with van der Waals surface area (Å²) in [6.45, 7) is 1.57. The molecule has 1 amide bonds. The Bertz CT molecular complexity index is 917. The number of nitrogens with one attached hydrogen (secondary N) is 1. The standard InChI is InChI=1S/C20H16N2O2S/c1-6-14-11-15-12-16(9-10-17(15)21-13-14)24-19(25-5)18(23)22-20(4,7-2)8-3/h1-3,9-13,19H,4-5H3,(H,22,23). The van der Waals surface area contributed by atoms with Crippen LogP contribution in [0.25, 0.3) is 10.9 Å². The fourth-order valence-electron chi connectivity index (χ4n) is 2.01. The van der Waals surface area contributed by atoms with Gasteiger partial charge in [-0.3, -0.25) is 9.78 Å². The Balaban J connectivity index is 2.23. The highest BCUT2D eigenvalue weighted by molar-refractivity contribution is 7.99. The zero-order valence-electron chi connectivity index (χ0n) is 13.9. The van der Waals surface area contributed by atoms with E-state index in [0.29, 0.717) is 11.3 Å². The van der Waals surface area contributed by atoms with Crippen LogP contribution in [0.4, 0.5) is 0 Å². The minimum atomic E-state index is -1.16. The molecular weight excluding hydrogens is 332 g/mol. The monoisotopic (exact) mass is 348 g/mol. The molecule has 0 saturated heterocycles. The lowest BCUT2D eigenvalue weighted by Crippen LogP contribution is -2.48. The molecule has 0 radical (unpaired) electrons. The zero-order chi connectivity index (χ0) is 18.4. The zero-order valence-corrected chi connectivity index (χ0v) is 14.7. The predicted molar refractivity (Wildman–Crippen MR) is 102 cm³/mol. The molecule has 25 heavy (non-hydrogen) atoms. The van der Waals surface area contributed by atoms with Gasteiger partial charge in [-0.2, -0.15) is 0 Å². The van der Waals surface area contributed by atoms with Crippen molar-refractivity contribution in [3.63, 3.8) is 0 Å². The van der Waals surface area contributed by atoms with Crippen LogP contribution in [0.1, 0.15) is 12.5 Å². The van der Waals surface area contributed by atoms with Gasteiger partial charge in [0.05, 0.1) is 5.52 Å². The number of terminal acetylenes is 3. The number of rotatable bonds is 5. The fraction of sp³-hybridized carbons (Fsp3) is 0.200. The number of ether oxygens (including phenoxy) is 1. The van der Waals surface area contributed by atoms with Crippen LogP contribution in [0.5, 0.6) is 5.75 Å². The molecule has 1 aromatic carbocycles. The second-order valence-electron chi connectivity index (χ2n) is 5.31. The summed E-state index contributed by atoms with van der Waals surface area (Å²) in [6, 6.07) is 7.15. The van der Waals surface area contributed by atoms with Crippen LogP contribution in [0.15, 0.2) is 30.5 Å². The lowest BCUT2D eigenvalue weighted by Gasteiger charge is -2.23. The highest BCUT2D eigenvalue weighted by Crippen LogP contribution is 2.23. The number of carbonyl (C=O) groups is 1. The second-order valence-corrected chi connectivity index (χ2v) is 6.21. The number of nitrogens with zero attached hydrogens (tertiary/aromatic N) is 1. The number of amides is 1. The number of carbonyl (C=O) groups excluding carboxylic acids is 1. The van der Waals surface area contributed by atoms with Crippen molar-refractivity contribution in [2.45, 2.75) is 17.9 Å². The SMILES string of the molecule is C#Cc1cnc2ccc(OC(SC)C(=O)NC(C)(C#C)C#C)cc2c1. The lowest BCUT2D eigenvalue weighted by atomic mass is 10.1. The first-order valence-corrected chi connectivity index (χ1v) is 8.57. The molecule has 1 atom stereocenters. The van der Waals surface area contributed by atoms with Gasteiger partial charge in [-0.05, 0) is 37.4 Å². The summed E-state index contributed by atoms with van der Waals surface area (Å²) in [5.41, 5.74) is -0.516. The molecule has 1 heterocycles. The van der Waals surface area contributed by atoms with E-state index in [-0.39, 0.29) is 0 Å². The summed E-state index contributed by atoms with van der Waals surface area (Å²) in [6.07, 6.45) is 19.5. The van der Waals surface area contributed by atoms with Crippen molar-refractivity contribution in [1.82, 2.24) is 10.3 Å². The lowest BCUT2D eigenvalue weighted by molar-refractivity contribution is -0.125. The first-order valence-electron chi connectivity index (χ1n) is 7.28. The molecule has 0 fully saturated rings. The van der Waals surface area contributed by atoms with Crippen LogP contribution in [-0.4, -0.2) is 28.1 Å². The first kappa shape index (κ1) is 18.3. The number of pyridine rings is 1. The topological polar surface area (TPSA) is 51.2 Å². The summed E-state index contributed by atoms with van der Waals surface area (Å²) in [5.74, 6) is 7.41. The average molecular weight is 348 g/mol. The second kappa shape index (κ2) is 7.67. The average Bonchev–Trinajstić information content (AvgIpc) is 2.65. The predicted octanol–water partition coefficient (Wildman–Crippen LogP) is 2.43. The third-order valence-corrected chi connectivity index (χ3v) is 4.18. The summed E-state index contributed by atoms with van der Waals surface area (Å²) in [5, 5.41) is 3.45. The molecule has 2 aromatic rings. The number of fused-ring (bicyclic) bond motifs is 1. The molecule has 1 N–H and O–H groups in total. The quantitative estimate of drug-likeness (QED) is 0.666. The van der Waals surface area contributed by atoms with Gasteiger partial charge in [0.2, 0.25) is 5.44 Å². The van der Waals surface area contributed by atoms with Crippen molar-refractivity contribution < 1.29 is 9.53 Å². The maximum absolute atomic E-state index is 12.4. The molecule has 0 saturated carbocycles. The largest absolute Gasteiger partial charge is 0.470 e. The van der Waals surface area contributed by atoms with Crippen LogP contribution < -0.4 is 10.1 Å². The number of thioether (sulfide) groups is 1. The maximum Gasteiger partial charge on any atom is 0.273 e. The smallest absolute Gasteiger partial charge is 0.273 e. The molecule has 0 bridgehead atoms. The van der Waals surface area contributed by atoms with Gasteiger partial charge in [0.1, 0.15) is 5.75 Å². The van der Waals surface area contributed by atoms with E-state index < -0.39 is 16.9 Å². The number of hydrogen-bond donors (Lipinski definition) is 1. The Morgan fingerprint density at radius 2 is 2.04 bits per heavy atom. The fourth-order valence-corrected chi connectivity index (χ4v) is 2.49. The number of hydrogen-bond acceptors (Lipinski definition) is 4. The minimum Gasteiger partial charge on any atom is -0.470 e. The Morgan fingerprint density at radius 1 is 1.32 bits per heavy atom. The Hall–Kier alpha value is -3.07. The third kappa shape index (κ3) is 4.27. The summed E-state index contributed by atoms with van der Waals surface area (Å²) in [4.78, 5) is 16.7. The molecular formula is C20H16N2O2S. The summed E-state index contributed by atoms with van der Waals surface area (Å²) < 4.78 is 5.78. The molecule has 0 aliphatic rings. The van der Waals surface area contributed by atoms with Crippen LogP contribution >= 0.6 is 11.8 Å². The van der Waals surface area contributed by atoms with Gasteiger partial charge in [0.15, 0.2) is 5.54 Å². The Morgan fingerprint density at radius 3 is 2.64 bits per heavy atom. The van der Waals surface area contributed by atoms with Crippen LogP contribution in [-0.2, 0) is 4.79 Å². The highest BCUT2D eigenvalue weighted by atomic mass is 32.2. The molecule has 4 nitrogen and oxygen atoms in total. The molecule has 2 rings (SSSR count). The number of benzene rings is 1. The van der Waals surface area contributed by atoms with Crippen molar-refractivity contribution in [2.24, 2.45) is 0 Å². The van der Waals surface area contributed by atoms with Crippen LogP contribution in [0, 0.1) is 37.0 Å². The summed E-state index contributed by atoms with van der Waals surface area (Å²) >= 11 is 1.23. The molecule has 1 aromatic heterocycles. The van der Waals surface area contributed by atoms with E-state index in [4.69, 9.17) is 24.0 Å². The van der Waals surface area contributed by atoms with Gasteiger partial charge in [-0.25, -0.2) is 0 Å². The van der Waals surface area contributed by atoms with E-state index in [0.717, 1.165) is 10.9 Å².